The van der Waals surface area contributed by atoms with Crippen molar-refractivity contribution in [3.63, 3.8) is 0 Å². The molecule has 0 atom stereocenters. The number of alkyl halides is 3. The minimum absolute atomic E-state index is 0.0485. The Balaban J connectivity index is 1.46. The van der Waals surface area contributed by atoms with Crippen molar-refractivity contribution in [1.82, 2.24) is 25.1 Å². The topological polar surface area (TPSA) is 91.0 Å². The summed E-state index contributed by atoms with van der Waals surface area (Å²) < 4.78 is 43.4. The molecular weight excluding hydrogens is 495 g/mol. The lowest BCUT2D eigenvalue weighted by Crippen LogP contribution is -2.35. The number of aromatic nitrogens is 4. The van der Waals surface area contributed by atoms with Crippen LogP contribution in [-0.4, -0.2) is 58.0 Å². The number of benzene rings is 1. The van der Waals surface area contributed by atoms with E-state index in [9.17, 15) is 13.2 Å². The van der Waals surface area contributed by atoms with Crippen molar-refractivity contribution in [2.24, 2.45) is 0 Å². The number of halogens is 4. The van der Waals surface area contributed by atoms with Crippen LogP contribution in [-0.2, 0) is 0 Å². The van der Waals surface area contributed by atoms with Crippen molar-refractivity contribution < 1.29 is 17.9 Å². The number of hydrogen-bond donors (Lipinski definition) is 3. The van der Waals surface area contributed by atoms with Gasteiger partial charge in [0.2, 0.25) is 5.95 Å². The lowest BCUT2D eigenvalue weighted by Gasteiger charge is -2.33. The molecule has 3 heterocycles. The number of likely N-dealkylation sites (tertiary alicyclic amines) is 1. The second kappa shape index (κ2) is 10.9. The number of methoxy groups -OCH3 is 1. The summed E-state index contributed by atoms with van der Waals surface area (Å²) in [7, 11) is 1.61. The second-order valence-electron chi connectivity index (χ2n) is 8.97. The Kier molecular flexibility index (Phi) is 7.89. The Labute approximate surface area is 212 Å². The number of rotatable bonds is 8. The molecular formula is C24H29ClF3N7O. The van der Waals surface area contributed by atoms with Crippen molar-refractivity contribution in [3.8, 4) is 5.75 Å². The minimum atomic E-state index is -4.12. The smallest absolute Gasteiger partial charge is 0.390 e. The van der Waals surface area contributed by atoms with Gasteiger partial charge >= 0.3 is 6.18 Å². The molecule has 1 fully saturated rings. The predicted molar refractivity (Wildman–Crippen MR) is 134 cm³/mol. The minimum Gasteiger partial charge on any atom is -0.496 e. The molecule has 36 heavy (non-hydrogen) atoms. The van der Waals surface area contributed by atoms with E-state index in [-0.39, 0.29) is 12.5 Å². The largest absolute Gasteiger partial charge is 0.496 e. The third-order valence-corrected chi connectivity index (χ3v) is 6.54. The first kappa shape index (κ1) is 26.0. The molecule has 12 heteroatoms. The van der Waals surface area contributed by atoms with E-state index in [2.05, 4.69) is 36.9 Å². The Morgan fingerprint density at radius 2 is 1.92 bits per heavy atom. The van der Waals surface area contributed by atoms with Crippen LogP contribution in [0.2, 0.25) is 5.02 Å². The van der Waals surface area contributed by atoms with E-state index in [4.69, 9.17) is 16.3 Å². The maximum Gasteiger partial charge on any atom is 0.390 e. The first-order valence-electron chi connectivity index (χ1n) is 11.7. The maximum atomic E-state index is 12.6. The van der Waals surface area contributed by atoms with Gasteiger partial charge in [-0.25, -0.2) is 4.98 Å². The monoisotopic (exact) mass is 523 g/mol. The predicted octanol–water partition coefficient (Wildman–Crippen LogP) is 6.10. The molecule has 0 saturated carbocycles. The normalized spacial score (nSPS) is 15.2. The number of aromatic amines is 1. The summed E-state index contributed by atoms with van der Waals surface area (Å²) in [6, 6.07) is 5.81. The molecule has 194 valence electrons. The zero-order valence-corrected chi connectivity index (χ0v) is 21.1. The molecule has 1 aromatic carbocycles. The van der Waals surface area contributed by atoms with Gasteiger partial charge in [-0.3, -0.25) is 5.10 Å². The van der Waals surface area contributed by atoms with E-state index in [0.717, 1.165) is 41.1 Å². The molecule has 0 radical (unpaired) electrons. The highest BCUT2D eigenvalue weighted by molar-refractivity contribution is 6.32. The third kappa shape index (κ3) is 6.58. The standard InChI is InChI=1S/C24H29ClF3N7O/c1-14-10-17(16-4-7-35(8-5-16)9-6-24(26,27)28)20(36-3)12-19(14)30-23-29-13-18(25)22(32-23)31-21-11-15(2)33-34-21/h10-13,16H,4-9H2,1-3H3,(H3,29,30,31,32,33,34). The van der Waals surface area contributed by atoms with Crippen LogP contribution in [0.25, 0.3) is 0 Å². The van der Waals surface area contributed by atoms with E-state index < -0.39 is 12.6 Å². The number of nitrogens with zero attached hydrogens (tertiary/aromatic N) is 4. The number of anilines is 4. The molecule has 1 aliphatic heterocycles. The Morgan fingerprint density at radius 3 is 2.56 bits per heavy atom. The molecule has 0 aliphatic carbocycles. The molecule has 0 spiro atoms. The molecule has 3 aromatic rings. The van der Waals surface area contributed by atoms with Crippen LogP contribution < -0.4 is 15.4 Å². The van der Waals surface area contributed by atoms with Crippen molar-refractivity contribution in [3.05, 3.63) is 46.2 Å². The zero-order chi connectivity index (χ0) is 25.9. The van der Waals surface area contributed by atoms with Gasteiger partial charge in [0, 0.05) is 30.1 Å². The van der Waals surface area contributed by atoms with Crippen LogP contribution in [0, 0.1) is 13.8 Å². The van der Waals surface area contributed by atoms with Crippen molar-refractivity contribution >= 4 is 34.9 Å². The van der Waals surface area contributed by atoms with E-state index >= 15 is 0 Å². The highest BCUT2D eigenvalue weighted by Gasteiger charge is 2.30. The summed E-state index contributed by atoms with van der Waals surface area (Å²) in [4.78, 5) is 10.6. The number of hydrogen-bond acceptors (Lipinski definition) is 7. The summed E-state index contributed by atoms with van der Waals surface area (Å²) in [5.41, 5.74) is 3.71. The lowest BCUT2D eigenvalue weighted by molar-refractivity contribution is -0.138. The maximum absolute atomic E-state index is 12.6. The molecule has 8 nitrogen and oxygen atoms in total. The molecule has 0 bridgehead atoms. The van der Waals surface area contributed by atoms with Crippen LogP contribution in [0.15, 0.2) is 24.4 Å². The van der Waals surface area contributed by atoms with Gasteiger partial charge in [-0.2, -0.15) is 23.3 Å². The van der Waals surface area contributed by atoms with Gasteiger partial charge in [-0.15, -0.1) is 0 Å². The lowest BCUT2D eigenvalue weighted by atomic mass is 9.87. The first-order valence-corrected chi connectivity index (χ1v) is 12.1. The second-order valence-corrected chi connectivity index (χ2v) is 9.37. The van der Waals surface area contributed by atoms with Gasteiger partial charge in [0.15, 0.2) is 11.6 Å². The fourth-order valence-electron chi connectivity index (χ4n) is 4.33. The van der Waals surface area contributed by atoms with Crippen LogP contribution in [0.3, 0.4) is 0 Å². The van der Waals surface area contributed by atoms with E-state index in [1.54, 1.807) is 7.11 Å². The van der Waals surface area contributed by atoms with E-state index in [1.165, 1.54) is 6.20 Å². The fraction of sp³-hybridized carbons (Fsp3) is 0.458. The van der Waals surface area contributed by atoms with Crippen LogP contribution >= 0.6 is 11.6 Å². The van der Waals surface area contributed by atoms with Gasteiger partial charge in [-0.05, 0) is 56.8 Å². The summed E-state index contributed by atoms with van der Waals surface area (Å²) in [6.45, 7) is 5.18. The van der Waals surface area contributed by atoms with Gasteiger partial charge in [0.1, 0.15) is 10.8 Å². The highest BCUT2D eigenvalue weighted by atomic mass is 35.5. The molecule has 0 amide bonds. The van der Waals surface area contributed by atoms with Crippen LogP contribution in [0.4, 0.5) is 36.4 Å². The van der Waals surface area contributed by atoms with Gasteiger partial charge in [0.25, 0.3) is 0 Å². The van der Waals surface area contributed by atoms with Gasteiger partial charge in [0.05, 0.1) is 19.7 Å². The quantitative estimate of drug-likeness (QED) is 0.329. The number of nitrogens with one attached hydrogen (secondary N) is 3. The van der Waals surface area contributed by atoms with E-state index in [0.29, 0.717) is 35.7 Å². The first-order chi connectivity index (χ1) is 17.1. The molecule has 0 unspecified atom stereocenters. The molecule has 2 aromatic heterocycles. The number of piperidine rings is 1. The number of H-pyrrole nitrogens is 1. The molecule has 4 rings (SSSR count). The van der Waals surface area contributed by atoms with Gasteiger partial charge < -0.3 is 20.3 Å². The number of ether oxygens (including phenoxy) is 1. The van der Waals surface area contributed by atoms with Crippen molar-refractivity contribution in [2.45, 2.75) is 45.2 Å². The third-order valence-electron chi connectivity index (χ3n) is 6.26. The summed E-state index contributed by atoms with van der Waals surface area (Å²) in [6.07, 6.45) is -1.83. The van der Waals surface area contributed by atoms with Crippen LogP contribution in [0.5, 0.6) is 5.75 Å². The fourth-order valence-corrected chi connectivity index (χ4v) is 4.47. The van der Waals surface area contributed by atoms with E-state index in [1.807, 2.05) is 30.9 Å². The summed E-state index contributed by atoms with van der Waals surface area (Å²) in [5, 5.41) is 13.6. The Morgan fingerprint density at radius 1 is 1.17 bits per heavy atom. The summed E-state index contributed by atoms with van der Waals surface area (Å²) in [5.74, 6) is 2.29. The summed E-state index contributed by atoms with van der Waals surface area (Å²) >= 11 is 6.26. The number of aryl methyl sites for hydroxylation is 2. The molecule has 1 saturated heterocycles. The molecule has 3 N–H and O–H groups in total. The Hall–Kier alpha value is -3.05. The van der Waals surface area contributed by atoms with Crippen LogP contribution in [0.1, 0.15) is 42.0 Å². The zero-order valence-electron chi connectivity index (χ0n) is 20.3. The Bertz CT molecular complexity index is 1190. The van der Waals surface area contributed by atoms with Crippen molar-refractivity contribution in [2.75, 3.05) is 37.4 Å². The average molecular weight is 524 g/mol. The SMILES string of the molecule is COc1cc(Nc2ncc(Cl)c(Nc3cc(C)[nH]n3)n2)c(C)cc1C1CCN(CCC(F)(F)F)CC1. The van der Waals surface area contributed by atoms with Gasteiger partial charge in [-0.1, -0.05) is 17.7 Å². The van der Waals surface area contributed by atoms with Crippen molar-refractivity contribution in [1.29, 1.82) is 0 Å². The molecule has 1 aliphatic rings. The average Bonchev–Trinajstić information content (AvgIpc) is 3.25. The highest BCUT2D eigenvalue weighted by Crippen LogP contribution is 2.38.